The van der Waals surface area contributed by atoms with Crippen LogP contribution in [0.25, 0.3) is 0 Å². The van der Waals surface area contributed by atoms with E-state index in [9.17, 15) is 0 Å². The van der Waals surface area contributed by atoms with Crippen LogP contribution in [0.1, 0.15) is 5.56 Å². The van der Waals surface area contributed by atoms with Crippen LogP contribution in [-0.2, 0) is 0 Å². The molecule has 2 aromatic heterocycles. The summed E-state index contributed by atoms with van der Waals surface area (Å²) in [5, 5.41) is 0.502. The molecule has 0 amide bonds. The summed E-state index contributed by atoms with van der Waals surface area (Å²) in [6.07, 6.45) is 5.79. The molecule has 0 saturated carbocycles. The lowest BCUT2D eigenvalue weighted by atomic mass is 10.2. The van der Waals surface area contributed by atoms with Crippen molar-refractivity contribution in [1.29, 1.82) is 0 Å². The van der Waals surface area contributed by atoms with E-state index in [4.69, 9.17) is 32.7 Å². The van der Waals surface area contributed by atoms with E-state index < -0.39 is 0 Å². The first kappa shape index (κ1) is 15.5. The van der Waals surface area contributed by atoms with Crippen molar-refractivity contribution in [2.75, 3.05) is 0 Å². The fourth-order valence-corrected chi connectivity index (χ4v) is 2.10. The van der Waals surface area contributed by atoms with Gasteiger partial charge in [0.1, 0.15) is 11.5 Å². The Hall–Kier alpha value is -2.44. The zero-order chi connectivity index (χ0) is 16.2. The van der Waals surface area contributed by atoms with E-state index >= 15 is 0 Å². The van der Waals surface area contributed by atoms with Crippen LogP contribution in [0.2, 0.25) is 10.3 Å². The summed E-state index contributed by atoms with van der Waals surface area (Å²) >= 11 is 11.6. The number of hydrogen-bond acceptors (Lipinski definition) is 6. The third-order valence-electron chi connectivity index (χ3n) is 2.64. The highest BCUT2D eigenvalue weighted by Crippen LogP contribution is 2.29. The summed E-state index contributed by atoms with van der Waals surface area (Å²) in [6.45, 7) is 1.91. The number of rotatable bonds is 4. The Morgan fingerprint density at radius 2 is 1.22 bits per heavy atom. The Bertz CT molecular complexity index is 779. The average molecular weight is 349 g/mol. The fourth-order valence-electron chi connectivity index (χ4n) is 1.82. The third kappa shape index (κ3) is 4.28. The summed E-state index contributed by atoms with van der Waals surface area (Å²) in [6, 6.07) is 5.36. The molecule has 116 valence electrons. The van der Waals surface area contributed by atoms with Gasteiger partial charge in [0.15, 0.2) is 10.3 Å². The highest BCUT2D eigenvalue weighted by Gasteiger charge is 2.06. The maximum absolute atomic E-state index is 5.79. The second-order valence-electron chi connectivity index (χ2n) is 4.55. The van der Waals surface area contributed by atoms with E-state index in [2.05, 4.69) is 19.9 Å². The minimum atomic E-state index is 0.251. The standard InChI is InChI=1S/C15H10Cl2N4O2/c1-9-2-10(22-14-7-18-5-12(16)20-14)4-11(3-9)23-15-8-19-6-13(17)21-15/h2-8H,1H3. The van der Waals surface area contributed by atoms with Gasteiger partial charge in [-0.3, -0.25) is 9.97 Å². The number of hydrogen-bond donors (Lipinski definition) is 0. The van der Waals surface area contributed by atoms with Crippen molar-refractivity contribution in [3.63, 3.8) is 0 Å². The van der Waals surface area contributed by atoms with Gasteiger partial charge in [0, 0.05) is 6.07 Å². The van der Waals surface area contributed by atoms with Crippen molar-refractivity contribution in [2.45, 2.75) is 6.92 Å². The van der Waals surface area contributed by atoms with E-state index in [1.165, 1.54) is 24.8 Å². The van der Waals surface area contributed by atoms with Crippen LogP contribution in [0.3, 0.4) is 0 Å². The second kappa shape index (κ2) is 6.76. The van der Waals surface area contributed by atoms with Crippen LogP contribution in [0.15, 0.2) is 43.0 Å². The van der Waals surface area contributed by atoms with E-state index in [1.807, 2.05) is 19.1 Å². The zero-order valence-corrected chi connectivity index (χ0v) is 13.4. The summed E-state index contributed by atoms with van der Waals surface area (Å²) in [7, 11) is 0. The molecule has 0 radical (unpaired) electrons. The molecule has 0 aliphatic heterocycles. The lowest BCUT2D eigenvalue weighted by Crippen LogP contribution is -1.93. The molecule has 0 aliphatic carbocycles. The van der Waals surface area contributed by atoms with Crippen molar-refractivity contribution in [3.05, 3.63) is 58.9 Å². The maximum Gasteiger partial charge on any atom is 0.239 e. The Morgan fingerprint density at radius 3 is 1.65 bits per heavy atom. The van der Waals surface area contributed by atoms with Crippen LogP contribution in [0, 0.1) is 6.92 Å². The molecule has 0 unspecified atom stereocenters. The van der Waals surface area contributed by atoms with E-state index in [0.717, 1.165) is 5.56 Å². The molecule has 0 aliphatic rings. The molecule has 0 fully saturated rings. The van der Waals surface area contributed by atoms with Gasteiger partial charge in [-0.15, -0.1) is 0 Å². The lowest BCUT2D eigenvalue weighted by molar-refractivity contribution is 0.439. The highest BCUT2D eigenvalue weighted by molar-refractivity contribution is 6.29. The van der Waals surface area contributed by atoms with E-state index in [-0.39, 0.29) is 22.1 Å². The van der Waals surface area contributed by atoms with Crippen molar-refractivity contribution in [2.24, 2.45) is 0 Å². The smallest absolute Gasteiger partial charge is 0.239 e. The first-order valence-electron chi connectivity index (χ1n) is 6.51. The maximum atomic E-state index is 5.79. The molecule has 3 rings (SSSR count). The normalized spacial score (nSPS) is 10.4. The van der Waals surface area contributed by atoms with Crippen molar-refractivity contribution in [1.82, 2.24) is 19.9 Å². The number of halogens is 2. The molecule has 0 N–H and O–H groups in total. The van der Waals surface area contributed by atoms with Crippen LogP contribution < -0.4 is 9.47 Å². The van der Waals surface area contributed by atoms with Crippen molar-refractivity contribution in [3.8, 4) is 23.3 Å². The van der Waals surface area contributed by atoms with E-state index in [1.54, 1.807) is 6.07 Å². The third-order valence-corrected chi connectivity index (χ3v) is 3.00. The Labute approximate surface area is 142 Å². The molecule has 2 heterocycles. The van der Waals surface area contributed by atoms with Gasteiger partial charge in [-0.05, 0) is 24.6 Å². The minimum absolute atomic E-state index is 0.251. The monoisotopic (exact) mass is 348 g/mol. The molecule has 1 aromatic carbocycles. The number of aryl methyl sites for hydroxylation is 1. The molecule has 0 saturated heterocycles. The summed E-state index contributed by atoms with van der Waals surface area (Å²) in [5.41, 5.74) is 0.933. The predicted octanol–water partition coefficient (Wildman–Crippen LogP) is 4.47. The summed E-state index contributed by atoms with van der Waals surface area (Å²) in [4.78, 5) is 15.9. The number of aromatic nitrogens is 4. The van der Waals surface area contributed by atoms with Crippen LogP contribution in [-0.4, -0.2) is 19.9 Å². The van der Waals surface area contributed by atoms with Gasteiger partial charge < -0.3 is 9.47 Å². The number of benzene rings is 1. The van der Waals surface area contributed by atoms with Gasteiger partial charge in [0.2, 0.25) is 11.8 Å². The molecule has 6 nitrogen and oxygen atoms in total. The van der Waals surface area contributed by atoms with E-state index in [0.29, 0.717) is 11.5 Å². The Balaban J connectivity index is 1.84. The Morgan fingerprint density at radius 1 is 0.739 bits per heavy atom. The van der Waals surface area contributed by atoms with Crippen LogP contribution in [0.4, 0.5) is 0 Å². The highest BCUT2D eigenvalue weighted by atomic mass is 35.5. The largest absolute Gasteiger partial charge is 0.437 e. The lowest BCUT2D eigenvalue weighted by Gasteiger charge is -2.09. The molecule has 0 spiro atoms. The van der Waals surface area contributed by atoms with Crippen molar-refractivity contribution >= 4 is 23.2 Å². The summed E-state index contributed by atoms with van der Waals surface area (Å²) < 4.78 is 11.3. The van der Waals surface area contributed by atoms with Crippen molar-refractivity contribution < 1.29 is 9.47 Å². The SMILES string of the molecule is Cc1cc(Oc2cncc(Cl)n2)cc(Oc2cncc(Cl)n2)c1. The number of ether oxygens (including phenoxy) is 2. The Kier molecular flexibility index (Phi) is 4.55. The molecule has 23 heavy (non-hydrogen) atoms. The molecule has 3 aromatic rings. The van der Waals surface area contributed by atoms with Crippen LogP contribution >= 0.6 is 23.2 Å². The first-order chi connectivity index (χ1) is 11.1. The molecular weight excluding hydrogens is 339 g/mol. The number of nitrogens with zero attached hydrogens (tertiary/aromatic N) is 4. The predicted molar refractivity (Wildman–Crippen MR) is 85.4 cm³/mol. The van der Waals surface area contributed by atoms with Gasteiger partial charge in [-0.1, -0.05) is 23.2 Å². The van der Waals surface area contributed by atoms with Gasteiger partial charge >= 0.3 is 0 Å². The molecule has 0 bridgehead atoms. The van der Waals surface area contributed by atoms with Gasteiger partial charge in [0.25, 0.3) is 0 Å². The quantitative estimate of drug-likeness (QED) is 0.692. The minimum Gasteiger partial charge on any atom is -0.437 e. The topological polar surface area (TPSA) is 70.0 Å². The van der Waals surface area contributed by atoms with Gasteiger partial charge in [-0.2, -0.15) is 9.97 Å². The fraction of sp³-hybridized carbons (Fsp3) is 0.0667. The second-order valence-corrected chi connectivity index (χ2v) is 5.32. The molecule has 0 atom stereocenters. The van der Waals surface area contributed by atoms with Crippen LogP contribution in [0.5, 0.6) is 23.3 Å². The zero-order valence-electron chi connectivity index (χ0n) is 11.9. The van der Waals surface area contributed by atoms with Gasteiger partial charge in [-0.25, -0.2) is 0 Å². The summed E-state index contributed by atoms with van der Waals surface area (Å²) in [5.74, 6) is 1.64. The van der Waals surface area contributed by atoms with Gasteiger partial charge in [0.05, 0.1) is 24.8 Å². The molecular formula is C15H10Cl2N4O2. The first-order valence-corrected chi connectivity index (χ1v) is 7.26. The average Bonchev–Trinajstić information content (AvgIpc) is 2.46. The molecule has 8 heteroatoms.